The molecule has 0 bridgehead atoms. The van der Waals surface area contributed by atoms with Crippen molar-refractivity contribution in [3.8, 4) is 11.3 Å². The van der Waals surface area contributed by atoms with Gasteiger partial charge < -0.3 is 14.5 Å². The van der Waals surface area contributed by atoms with Gasteiger partial charge in [-0.2, -0.15) is 0 Å². The Kier molecular flexibility index (Phi) is 6.11. The number of hydrogen-bond donors (Lipinski definition) is 1. The fourth-order valence-electron chi connectivity index (χ4n) is 2.66. The van der Waals surface area contributed by atoms with Gasteiger partial charge in [0.15, 0.2) is 17.8 Å². The molecule has 0 saturated carbocycles. The summed E-state index contributed by atoms with van der Waals surface area (Å²) in [5.41, 5.74) is 1.72. The van der Waals surface area contributed by atoms with E-state index in [-0.39, 0.29) is 23.5 Å². The van der Waals surface area contributed by atoms with Crippen molar-refractivity contribution in [1.29, 1.82) is 0 Å². The Bertz CT molecular complexity index is 997. The average Bonchev–Trinajstić information content (AvgIpc) is 3.15. The summed E-state index contributed by atoms with van der Waals surface area (Å²) in [4.78, 5) is 29.0. The molecule has 0 unspecified atom stereocenters. The summed E-state index contributed by atoms with van der Waals surface area (Å²) >= 11 is 5.98. The van der Waals surface area contributed by atoms with Gasteiger partial charge in [0.05, 0.1) is 11.7 Å². The molecule has 0 spiro atoms. The number of benzene rings is 2. The molecule has 1 aromatic heterocycles. The summed E-state index contributed by atoms with van der Waals surface area (Å²) in [6.07, 6.45) is 0.862. The first-order chi connectivity index (χ1) is 13.5. The number of carbonyl (C=O) groups excluding carboxylic acids is 2. The summed E-state index contributed by atoms with van der Waals surface area (Å²) in [7, 11) is 0. The third-order valence-electron chi connectivity index (χ3n) is 3.86. The van der Waals surface area contributed by atoms with Crippen LogP contribution < -0.4 is 5.32 Å². The maximum Gasteiger partial charge on any atom is 0.361 e. The molecular weight excluding hydrogens is 380 g/mol. The standard InChI is InChI=1S/C21H19ClN2O4/c1-13(2)28-21(26)18-19(27-12-24-18)16-8-3-4-9-17(16)20(25)23-11-14-6-5-7-15(22)10-14/h3-10,12-13H,11H2,1-2H3,(H,23,25). The molecule has 0 aliphatic rings. The van der Waals surface area contributed by atoms with Gasteiger partial charge in [-0.25, -0.2) is 9.78 Å². The number of amides is 1. The van der Waals surface area contributed by atoms with E-state index >= 15 is 0 Å². The summed E-state index contributed by atoms with van der Waals surface area (Å²) in [6.45, 7) is 3.80. The van der Waals surface area contributed by atoms with E-state index in [0.29, 0.717) is 22.7 Å². The molecule has 2 aromatic carbocycles. The van der Waals surface area contributed by atoms with Gasteiger partial charge in [-0.1, -0.05) is 41.9 Å². The zero-order valence-corrected chi connectivity index (χ0v) is 16.2. The Morgan fingerprint density at radius 3 is 2.71 bits per heavy atom. The fourth-order valence-corrected chi connectivity index (χ4v) is 2.87. The number of ether oxygens (including phenoxy) is 1. The van der Waals surface area contributed by atoms with Crippen LogP contribution >= 0.6 is 11.6 Å². The van der Waals surface area contributed by atoms with Crippen LogP contribution in [0.15, 0.2) is 59.3 Å². The first-order valence-electron chi connectivity index (χ1n) is 8.72. The first-order valence-corrected chi connectivity index (χ1v) is 9.10. The van der Waals surface area contributed by atoms with E-state index < -0.39 is 5.97 Å². The first kappa shape index (κ1) is 19.6. The molecule has 0 aliphatic heterocycles. The van der Waals surface area contributed by atoms with Crippen molar-refractivity contribution in [1.82, 2.24) is 10.3 Å². The van der Waals surface area contributed by atoms with Gasteiger partial charge in [0.25, 0.3) is 5.91 Å². The van der Waals surface area contributed by atoms with Crippen molar-refractivity contribution in [3.63, 3.8) is 0 Å². The molecule has 144 valence electrons. The van der Waals surface area contributed by atoms with Crippen molar-refractivity contribution < 1.29 is 18.7 Å². The molecule has 0 fully saturated rings. The molecule has 0 radical (unpaired) electrons. The highest BCUT2D eigenvalue weighted by Gasteiger charge is 2.24. The summed E-state index contributed by atoms with van der Waals surface area (Å²) < 4.78 is 10.6. The molecule has 7 heteroatoms. The minimum Gasteiger partial charge on any atom is -0.458 e. The van der Waals surface area contributed by atoms with Crippen molar-refractivity contribution in [2.45, 2.75) is 26.5 Å². The predicted molar refractivity (Wildman–Crippen MR) is 105 cm³/mol. The molecule has 3 rings (SSSR count). The van der Waals surface area contributed by atoms with E-state index in [0.717, 1.165) is 12.0 Å². The van der Waals surface area contributed by atoms with Gasteiger partial charge in [0.2, 0.25) is 0 Å². The molecule has 28 heavy (non-hydrogen) atoms. The second kappa shape index (κ2) is 8.71. The van der Waals surface area contributed by atoms with E-state index in [4.69, 9.17) is 20.8 Å². The lowest BCUT2D eigenvalue weighted by molar-refractivity contribution is 0.0372. The molecule has 1 amide bonds. The number of halogens is 1. The number of aromatic nitrogens is 1. The van der Waals surface area contributed by atoms with Crippen LogP contribution in [0.3, 0.4) is 0 Å². The molecule has 0 atom stereocenters. The second-order valence-electron chi connectivity index (χ2n) is 6.34. The van der Waals surface area contributed by atoms with Gasteiger partial charge >= 0.3 is 5.97 Å². The lowest BCUT2D eigenvalue weighted by atomic mass is 10.0. The van der Waals surface area contributed by atoms with Crippen LogP contribution in [-0.4, -0.2) is 23.0 Å². The normalized spacial score (nSPS) is 10.7. The van der Waals surface area contributed by atoms with Gasteiger partial charge in [0, 0.05) is 17.1 Å². The third kappa shape index (κ3) is 4.58. The predicted octanol–water partition coefficient (Wildman–Crippen LogP) is 4.49. The monoisotopic (exact) mass is 398 g/mol. The van der Waals surface area contributed by atoms with Crippen LogP contribution in [0.1, 0.15) is 40.3 Å². The topological polar surface area (TPSA) is 81.4 Å². The lowest BCUT2D eigenvalue weighted by Gasteiger charge is -2.10. The van der Waals surface area contributed by atoms with Crippen LogP contribution in [-0.2, 0) is 11.3 Å². The maximum atomic E-state index is 12.8. The second-order valence-corrected chi connectivity index (χ2v) is 6.78. The molecule has 6 nitrogen and oxygen atoms in total. The number of carbonyl (C=O) groups is 2. The van der Waals surface area contributed by atoms with E-state index in [2.05, 4.69) is 10.3 Å². The highest BCUT2D eigenvalue weighted by Crippen LogP contribution is 2.27. The zero-order chi connectivity index (χ0) is 20.1. The molecule has 0 aliphatic carbocycles. The quantitative estimate of drug-likeness (QED) is 0.618. The van der Waals surface area contributed by atoms with Crippen molar-refractivity contribution in [3.05, 3.63) is 76.8 Å². The average molecular weight is 399 g/mol. The molecule has 3 aromatic rings. The lowest BCUT2D eigenvalue weighted by Crippen LogP contribution is -2.23. The Balaban J connectivity index is 1.85. The third-order valence-corrected chi connectivity index (χ3v) is 4.10. The molecular formula is C21H19ClN2O4. The van der Waals surface area contributed by atoms with Gasteiger partial charge in [-0.3, -0.25) is 4.79 Å². The Labute approximate surface area is 167 Å². The minimum atomic E-state index is -0.604. The molecule has 1 N–H and O–H groups in total. The van der Waals surface area contributed by atoms with Crippen LogP contribution in [0.4, 0.5) is 0 Å². The van der Waals surface area contributed by atoms with Gasteiger partial charge in [-0.15, -0.1) is 0 Å². The largest absolute Gasteiger partial charge is 0.458 e. The van der Waals surface area contributed by atoms with E-state index in [1.807, 2.05) is 12.1 Å². The summed E-state index contributed by atoms with van der Waals surface area (Å²) in [5, 5.41) is 3.45. The number of esters is 1. The van der Waals surface area contributed by atoms with E-state index in [1.165, 1.54) is 0 Å². The van der Waals surface area contributed by atoms with Crippen LogP contribution in [0, 0.1) is 0 Å². The van der Waals surface area contributed by atoms with E-state index in [9.17, 15) is 9.59 Å². The molecule has 1 heterocycles. The highest BCUT2D eigenvalue weighted by atomic mass is 35.5. The van der Waals surface area contributed by atoms with Gasteiger partial charge in [-0.05, 0) is 37.6 Å². The number of rotatable bonds is 6. The Morgan fingerprint density at radius 1 is 1.18 bits per heavy atom. The Morgan fingerprint density at radius 2 is 1.96 bits per heavy atom. The molecule has 0 saturated heterocycles. The fraction of sp³-hybridized carbons (Fsp3) is 0.190. The zero-order valence-electron chi connectivity index (χ0n) is 15.4. The van der Waals surface area contributed by atoms with Crippen LogP contribution in [0.5, 0.6) is 0 Å². The summed E-state index contributed by atoms with van der Waals surface area (Å²) in [5.74, 6) is -0.720. The van der Waals surface area contributed by atoms with Crippen LogP contribution in [0.2, 0.25) is 5.02 Å². The number of nitrogens with one attached hydrogen (secondary N) is 1. The maximum absolute atomic E-state index is 12.8. The SMILES string of the molecule is CC(C)OC(=O)c1ncoc1-c1ccccc1C(=O)NCc1cccc(Cl)c1. The number of hydrogen-bond acceptors (Lipinski definition) is 5. The Hall–Kier alpha value is -3.12. The van der Waals surface area contributed by atoms with E-state index in [1.54, 1.807) is 50.2 Å². The number of nitrogens with zero attached hydrogens (tertiary/aromatic N) is 1. The smallest absolute Gasteiger partial charge is 0.361 e. The minimum absolute atomic E-state index is 0.0313. The van der Waals surface area contributed by atoms with Crippen molar-refractivity contribution in [2.24, 2.45) is 0 Å². The van der Waals surface area contributed by atoms with Crippen molar-refractivity contribution in [2.75, 3.05) is 0 Å². The number of oxazole rings is 1. The summed E-state index contributed by atoms with van der Waals surface area (Å²) in [6, 6.07) is 14.1. The van der Waals surface area contributed by atoms with Gasteiger partial charge in [0.1, 0.15) is 0 Å². The van der Waals surface area contributed by atoms with Crippen molar-refractivity contribution >= 4 is 23.5 Å². The highest BCUT2D eigenvalue weighted by molar-refractivity contribution is 6.30. The van der Waals surface area contributed by atoms with Crippen LogP contribution in [0.25, 0.3) is 11.3 Å².